The van der Waals surface area contributed by atoms with Crippen molar-refractivity contribution in [3.8, 4) is 5.75 Å². The molecule has 0 saturated carbocycles. The van der Waals surface area contributed by atoms with Crippen molar-refractivity contribution in [2.45, 2.75) is 11.4 Å². The molecule has 0 aliphatic rings. The van der Waals surface area contributed by atoms with Crippen LogP contribution in [0.25, 0.3) is 0 Å². The van der Waals surface area contributed by atoms with Crippen LogP contribution in [0.1, 0.15) is 5.56 Å². The molecule has 0 unspecified atom stereocenters. The number of amides is 1. The van der Waals surface area contributed by atoms with Gasteiger partial charge >= 0.3 is 0 Å². The molecule has 1 N–H and O–H groups in total. The number of anilines is 1. The van der Waals surface area contributed by atoms with Gasteiger partial charge in [-0.25, -0.2) is 12.8 Å². The van der Waals surface area contributed by atoms with Crippen LogP contribution in [0.15, 0.2) is 65.6 Å². The van der Waals surface area contributed by atoms with Gasteiger partial charge in [0.05, 0.1) is 23.6 Å². The summed E-state index contributed by atoms with van der Waals surface area (Å²) in [5.74, 6) is -0.946. The summed E-state index contributed by atoms with van der Waals surface area (Å²) in [4.78, 5) is 12.6. The summed E-state index contributed by atoms with van der Waals surface area (Å²) in [7, 11) is -2.76. The second-order valence-corrected chi connectivity index (χ2v) is 10.0. The Bertz CT molecular complexity index is 1250. The number of halogens is 4. The van der Waals surface area contributed by atoms with Crippen LogP contribution in [0.4, 0.5) is 10.1 Å². The van der Waals surface area contributed by atoms with Crippen LogP contribution in [-0.2, 0) is 21.4 Å². The maximum atomic E-state index is 14.4. The lowest BCUT2D eigenvalue weighted by atomic mass is 10.2. The van der Waals surface area contributed by atoms with Crippen molar-refractivity contribution in [2.24, 2.45) is 0 Å². The van der Waals surface area contributed by atoms with Gasteiger partial charge in [0.15, 0.2) is 0 Å². The van der Waals surface area contributed by atoms with Gasteiger partial charge in [-0.2, -0.15) is 4.31 Å². The fourth-order valence-corrected chi connectivity index (χ4v) is 4.92. The molecule has 0 spiro atoms. The minimum atomic E-state index is -4.21. The van der Waals surface area contributed by atoms with E-state index in [-0.39, 0.29) is 20.5 Å². The Morgan fingerprint density at radius 2 is 1.73 bits per heavy atom. The van der Waals surface area contributed by atoms with Gasteiger partial charge in [-0.05, 0) is 54.6 Å². The third-order valence-corrected chi connectivity index (χ3v) is 7.31. The molecule has 3 aromatic carbocycles. The molecule has 0 saturated heterocycles. The van der Waals surface area contributed by atoms with Crippen molar-refractivity contribution in [1.29, 1.82) is 0 Å². The Labute approximate surface area is 205 Å². The molecule has 11 heteroatoms. The summed E-state index contributed by atoms with van der Waals surface area (Å²) in [6, 6.07) is 14.0. The molecule has 0 atom stereocenters. The van der Waals surface area contributed by atoms with Crippen LogP contribution in [0.3, 0.4) is 0 Å². The molecule has 0 heterocycles. The van der Waals surface area contributed by atoms with E-state index in [4.69, 9.17) is 39.5 Å². The lowest BCUT2D eigenvalue weighted by Gasteiger charge is -2.23. The van der Waals surface area contributed by atoms with Crippen molar-refractivity contribution in [3.63, 3.8) is 0 Å². The summed E-state index contributed by atoms with van der Waals surface area (Å²) < 4.78 is 46.9. The number of ether oxygens (including phenoxy) is 1. The van der Waals surface area contributed by atoms with E-state index in [1.165, 1.54) is 49.6 Å². The predicted octanol–water partition coefficient (Wildman–Crippen LogP) is 5.62. The van der Waals surface area contributed by atoms with Gasteiger partial charge in [0.1, 0.15) is 11.6 Å². The first kappa shape index (κ1) is 25.3. The summed E-state index contributed by atoms with van der Waals surface area (Å²) in [6.07, 6.45) is 0. The number of hydrogen-bond acceptors (Lipinski definition) is 4. The molecule has 0 bridgehead atoms. The van der Waals surface area contributed by atoms with Gasteiger partial charge in [-0.15, -0.1) is 0 Å². The highest BCUT2D eigenvalue weighted by Crippen LogP contribution is 2.28. The van der Waals surface area contributed by atoms with Gasteiger partial charge in [0, 0.05) is 27.8 Å². The first-order valence-electron chi connectivity index (χ1n) is 9.44. The zero-order valence-electron chi connectivity index (χ0n) is 17.2. The topological polar surface area (TPSA) is 75.7 Å². The first-order chi connectivity index (χ1) is 15.6. The van der Waals surface area contributed by atoms with Crippen molar-refractivity contribution in [3.05, 3.63) is 87.1 Å². The maximum absolute atomic E-state index is 14.4. The number of rotatable bonds is 8. The molecule has 0 radical (unpaired) electrons. The van der Waals surface area contributed by atoms with Crippen LogP contribution >= 0.6 is 34.8 Å². The average molecular weight is 532 g/mol. The van der Waals surface area contributed by atoms with Crippen molar-refractivity contribution in [2.75, 3.05) is 19.0 Å². The fraction of sp³-hybridized carbons (Fsp3) is 0.136. The molecule has 174 valence electrons. The molecule has 0 aliphatic carbocycles. The molecule has 0 fully saturated rings. The summed E-state index contributed by atoms with van der Waals surface area (Å²) in [5, 5.41) is 3.22. The van der Waals surface area contributed by atoms with Crippen LogP contribution in [0, 0.1) is 5.82 Å². The highest BCUT2D eigenvalue weighted by Gasteiger charge is 2.28. The van der Waals surface area contributed by atoms with Crippen molar-refractivity contribution in [1.82, 2.24) is 4.31 Å². The van der Waals surface area contributed by atoms with Crippen LogP contribution in [-0.4, -0.2) is 32.3 Å². The largest absolute Gasteiger partial charge is 0.495 e. The van der Waals surface area contributed by atoms with Crippen LogP contribution in [0.2, 0.25) is 15.1 Å². The van der Waals surface area contributed by atoms with Crippen molar-refractivity contribution >= 4 is 56.4 Å². The molecular formula is C22H18Cl3FN2O4S. The quantitative estimate of drug-likeness (QED) is 0.409. The summed E-state index contributed by atoms with van der Waals surface area (Å²) in [6.45, 7) is -1.08. The minimum absolute atomic E-state index is 0.0358. The third-order valence-electron chi connectivity index (χ3n) is 4.60. The number of nitrogens with one attached hydrogen (secondary N) is 1. The molecule has 3 rings (SSSR count). The number of carbonyl (C=O) groups excluding carboxylic acids is 1. The Morgan fingerprint density at radius 3 is 2.33 bits per heavy atom. The van der Waals surface area contributed by atoms with E-state index in [0.29, 0.717) is 16.5 Å². The summed E-state index contributed by atoms with van der Waals surface area (Å²) >= 11 is 18.0. The van der Waals surface area contributed by atoms with E-state index in [2.05, 4.69) is 5.32 Å². The van der Waals surface area contributed by atoms with Gasteiger partial charge < -0.3 is 10.1 Å². The molecule has 3 aromatic rings. The lowest BCUT2D eigenvalue weighted by molar-refractivity contribution is -0.116. The second kappa shape index (κ2) is 10.7. The van der Waals surface area contributed by atoms with Gasteiger partial charge in [0.25, 0.3) is 0 Å². The number of nitrogens with zero attached hydrogens (tertiary/aromatic N) is 1. The zero-order chi connectivity index (χ0) is 24.2. The smallest absolute Gasteiger partial charge is 0.243 e. The van der Waals surface area contributed by atoms with E-state index in [1.54, 1.807) is 12.1 Å². The number of carbonyl (C=O) groups is 1. The standard InChI is InChI=1S/C22H18Cl3FN2O4S/c1-32-21-10-7-15(11-19(21)25)27-22(29)13-28(12-17-18(24)3-2-4-20(17)26)33(30,31)16-8-5-14(23)6-9-16/h2-11H,12-13H2,1H3,(H,27,29). The highest BCUT2D eigenvalue weighted by atomic mass is 35.5. The van der Waals surface area contributed by atoms with Gasteiger partial charge in [0.2, 0.25) is 15.9 Å². The molecule has 6 nitrogen and oxygen atoms in total. The number of methoxy groups -OCH3 is 1. The van der Waals surface area contributed by atoms with Gasteiger partial charge in [-0.3, -0.25) is 4.79 Å². The monoisotopic (exact) mass is 530 g/mol. The van der Waals surface area contributed by atoms with E-state index in [1.807, 2.05) is 0 Å². The third kappa shape index (κ3) is 6.16. The van der Waals surface area contributed by atoms with Gasteiger partial charge in [-0.1, -0.05) is 40.9 Å². The first-order valence-corrected chi connectivity index (χ1v) is 12.0. The Kier molecular flexibility index (Phi) is 8.20. The van der Waals surface area contributed by atoms with Crippen molar-refractivity contribution < 1.29 is 22.3 Å². The van der Waals surface area contributed by atoms with Crippen LogP contribution in [0.5, 0.6) is 5.75 Å². The number of hydrogen-bond donors (Lipinski definition) is 1. The molecule has 1 amide bonds. The second-order valence-electron chi connectivity index (χ2n) is 6.82. The normalized spacial score (nSPS) is 11.5. The predicted molar refractivity (Wildman–Crippen MR) is 127 cm³/mol. The SMILES string of the molecule is COc1ccc(NC(=O)CN(Cc2c(F)cccc2Cl)S(=O)(=O)c2ccc(Cl)cc2)cc1Cl. The molecule has 33 heavy (non-hydrogen) atoms. The highest BCUT2D eigenvalue weighted by molar-refractivity contribution is 7.89. The number of benzene rings is 3. The zero-order valence-corrected chi connectivity index (χ0v) is 20.3. The van der Waals surface area contributed by atoms with Crippen LogP contribution < -0.4 is 10.1 Å². The Morgan fingerprint density at radius 1 is 1.03 bits per heavy atom. The molecule has 0 aliphatic heterocycles. The fourth-order valence-electron chi connectivity index (χ4n) is 2.95. The number of sulfonamides is 1. The maximum Gasteiger partial charge on any atom is 0.243 e. The molecular weight excluding hydrogens is 514 g/mol. The Balaban J connectivity index is 1.91. The minimum Gasteiger partial charge on any atom is -0.495 e. The average Bonchev–Trinajstić information content (AvgIpc) is 2.76. The van der Waals surface area contributed by atoms with E-state index >= 15 is 0 Å². The molecule has 0 aromatic heterocycles. The van der Waals surface area contributed by atoms with E-state index < -0.39 is 34.8 Å². The Hall–Kier alpha value is -2.36. The summed E-state index contributed by atoms with van der Waals surface area (Å²) in [5.41, 5.74) is 0.274. The lowest BCUT2D eigenvalue weighted by Crippen LogP contribution is -2.37. The van der Waals surface area contributed by atoms with E-state index in [9.17, 15) is 17.6 Å². The van der Waals surface area contributed by atoms with E-state index in [0.717, 1.165) is 10.4 Å².